The van der Waals surface area contributed by atoms with Crippen LogP contribution >= 0.6 is 0 Å². The number of hydrogen-bond acceptors (Lipinski definition) is 6. The van der Waals surface area contributed by atoms with Crippen molar-refractivity contribution in [3.8, 4) is 5.75 Å². The van der Waals surface area contributed by atoms with Gasteiger partial charge in [-0.05, 0) is 75.6 Å². The molecule has 1 aromatic rings. The zero-order valence-corrected chi connectivity index (χ0v) is 23.9. The van der Waals surface area contributed by atoms with Crippen molar-refractivity contribution in [1.29, 1.82) is 0 Å². The second-order valence-electron chi connectivity index (χ2n) is 10.7. The molecule has 3 atom stereocenters. The molecule has 2 amide bonds. The van der Waals surface area contributed by atoms with Crippen LogP contribution in [0.5, 0.6) is 5.75 Å². The highest BCUT2D eigenvalue weighted by atomic mass is 16.6. The Hall–Kier alpha value is -2.90. The van der Waals surface area contributed by atoms with Crippen LogP contribution in [0.15, 0.2) is 59.7 Å². The van der Waals surface area contributed by atoms with Crippen LogP contribution in [0.1, 0.15) is 65.9 Å². The molecule has 38 heavy (non-hydrogen) atoms. The lowest BCUT2D eigenvalue weighted by Crippen LogP contribution is -2.47. The zero-order valence-electron chi connectivity index (χ0n) is 23.9. The number of carbonyl (C=O) groups is 2. The number of methoxy groups -OCH3 is 1. The first-order valence-electron chi connectivity index (χ1n) is 13.4. The number of amides is 2. The van der Waals surface area contributed by atoms with Crippen molar-refractivity contribution in [2.75, 3.05) is 20.3 Å². The van der Waals surface area contributed by atoms with Crippen LogP contribution in [0.2, 0.25) is 0 Å². The molecule has 1 fully saturated rings. The first kappa shape index (κ1) is 31.3. The van der Waals surface area contributed by atoms with Gasteiger partial charge in [0.1, 0.15) is 12.4 Å². The summed E-state index contributed by atoms with van der Waals surface area (Å²) in [6.45, 7) is 14.7. The molecule has 1 aliphatic rings. The summed E-state index contributed by atoms with van der Waals surface area (Å²) in [5.41, 5.74) is 4.04. The summed E-state index contributed by atoms with van der Waals surface area (Å²) in [5, 5.41) is 11.3. The molecule has 0 spiro atoms. The Bertz CT molecular complexity index is 990. The van der Waals surface area contributed by atoms with Crippen molar-refractivity contribution in [2.24, 2.45) is 11.8 Å². The third-order valence-corrected chi connectivity index (χ3v) is 6.66. The normalized spacial score (nSPS) is 17.3. The highest BCUT2D eigenvalue weighted by Gasteiger charge is 2.43. The van der Waals surface area contributed by atoms with Gasteiger partial charge in [0.2, 0.25) is 5.91 Å². The van der Waals surface area contributed by atoms with Crippen LogP contribution in [0.3, 0.4) is 0 Å². The Kier molecular flexibility index (Phi) is 12.8. The highest BCUT2D eigenvalue weighted by Crippen LogP contribution is 2.27. The standard InChI is InChI=1S/C31H45NO6/c1-21(2)9-8-10-25(19-37-18-24-12-14-26(36-7)15-13-24)17-29(33)27(16-11-22(3)4)30(34)32-28(23(5)6)20-38-31(32)35/h9,12-15,17,23,27-29,33H,3,8,10-11,16,18-20H2,1-2,4-7H3/b25-17+/t27-,28+,29+/m1/s1. The largest absolute Gasteiger partial charge is 0.497 e. The Morgan fingerprint density at radius 2 is 1.89 bits per heavy atom. The van der Waals surface area contributed by atoms with E-state index >= 15 is 0 Å². The van der Waals surface area contributed by atoms with Crippen LogP contribution in [0, 0.1) is 11.8 Å². The van der Waals surface area contributed by atoms with E-state index in [2.05, 4.69) is 12.7 Å². The Morgan fingerprint density at radius 1 is 1.21 bits per heavy atom. The molecule has 0 aliphatic carbocycles. The molecule has 0 saturated carbocycles. The molecule has 0 bridgehead atoms. The number of hydrogen-bond donors (Lipinski definition) is 1. The maximum atomic E-state index is 13.6. The van der Waals surface area contributed by atoms with E-state index in [1.165, 1.54) is 10.5 Å². The van der Waals surface area contributed by atoms with Crippen molar-refractivity contribution in [3.05, 3.63) is 65.3 Å². The summed E-state index contributed by atoms with van der Waals surface area (Å²) < 4.78 is 16.4. The lowest BCUT2D eigenvalue weighted by atomic mass is 9.90. The lowest BCUT2D eigenvalue weighted by Gasteiger charge is -2.29. The van der Waals surface area contributed by atoms with Gasteiger partial charge in [0, 0.05) is 0 Å². The molecular weight excluding hydrogens is 482 g/mol. The van der Waals surface area contributed by atoms with Gasteiger partial charge in [-0.15, -0.1) is 6.58 Å². The molecule has 0 unspecified atom stereocenters. The van der Waals surface area contributed by atoms with E-state index in [9.17, 15) is 14.7 Å². The van der Waals surface area contributed by atoms with E-state index in [1.807, 2.05) is 58.9 Å². The van der Waals surface area contributed by atoms with E-state index in [0.717, 1.165) is 28.9 Å². The summed E-state index contributed by atoms with van der Waals surface area (Å²) in [5.74, 6) is -0.366. The Morgan fingerprint density at radius 3 is 2.47 bits per heavy atom. The second kappa shape index (κ2) is 15.5. The number of nitrogens with zero attached hydrogens (tertiary/aromatic N) is 1. The monoisotopic (exact) mass is 527 g/mol. The smallest absolute Gasteiger partial charge is 0.416 e. The fourth-order valence-corrected chi connectivity index (χ4v) is 4.33. The number of aliphatic hydroxyl groups is 1. The van der Waals surface area contributed by atoms with E-state index in [1.54, 1.807) is 13.2 Å². The lowest BCUT2D eigenvalue weighted by molar-refractivity contribution is -0.137. The fraction of sp³-hybridized carbons (Fsp3) is 0.548. The average molecular weight is 528 g/mol. The van der Waals surface area contributed by atoms with Gasteiger partial charge >= 0.3 is 6.09 Å². The van der Waals surface area contributed by atoms with Crippen molar-refractivity contribution >= 4 is 12.0 Å². The minimum Gasteiger partial charge on any atom is -0.497 e. The van der Waals surface area contributed by atoms with Crippen LogP contribution in [0.25, 0.3) is 0 Å². The van der Waals surface area contributed by atoms with Gasteiger partial charge in [0.15, 0.2) is 0 Å². The topological polar surface area (TPSA) is 85.3 Å². The van der Waals surface area contributed by atoms with Gasteiger partial charge in [0.25, 0.3) is 0 Å². The molecular formula is C31H45NO6. The predicted molar refractivity (Wildman–Crippen MR) is 150 cm³/mol. The maximum Gasteiger partial charge on any atom is 0.416 e. The number of allylic oxidation sites excluding steroid dienone is 3. The van der Waals surface area contributed by atoms with Crippen LogP contribution in [0.4, 0.5) is 4.79 Å². The van der Waals surface area contributed by atoms with Gasteiger partial charge < -0.3 is 19.3 Å². The summed E-state index contributed by atoms with van der Waals surface area (Å²) in [7, 11) is 1.63. The van der Waals surface area contributed by atoms with Crippen molar-refractivity contribution in [1.82, 2.24) is 4.90 Å². The number of aliphatic hydroxyl groups excluding tert-OH is 1. The molecule has 1 saturated heterocycles. The average Bonchev–Trinajstić information content (AvgIpc) is 3.25. The molecule has 2 rings (SSSR count). The number of carbonyl (C=O) groups excluding carboxylic acids is 2. The number of rotatable bonds is 15. The number of imide groups is 1. The third-order valence-electron chi connectivity index (χ3n) is 6.66. The minimum absolute atomic E-state index is 0.0471. The molecule has 1 N–H and O–H groups in total. The zero-order chi connectivity index (χ0) is 28.2. The van der Waals surface area contributed by atoms with Crippen molar-refractivity contribution in [2.45, 2.75) is 79.1 Å². The van der Waals surface area contributed by atoms with Gasteiger partial charge in [0.05, 0.1) is 38.4 Å². The molecule has 0 radical (unpaired) electrons. The summed E-state index contributed by atoms with van der Waals surface area (Å²) in [4.78, 5) is 27.3. The second-order valence-corrected chi connectivity index (χ2v) is 10.7. The Balaban J connectivity index is 2.23. The van der Waals surface area contributed by atoms with Crippen LogP contribution < -0.4 is 4.74 Å². The quantitative estimate of drug-likeness (QED) is 0.273. The van der Waals surface area contributed by atoms with E-state index in [0.29, 0.717) is 32.5 Å². The molecule has 0 aromatic heterocycles. The fourth-order valence-electron chi connectivity index (χ4n) is 4.33. The third kappa shape index (κ3) is 9.76. The SMILES string of the molecule is C=C(C)CC[C@@H](C(=O)N1C(=O)OC[C@H]1C(C)C)[C@@H](O)/C=C(\CCC=C(C)C)COCc1ccc(OC)cc1. The number of cyclic esters (lactones) is 1. The summed E-state index contributed by atoms with van der Waals surface area (Å²) in [6, 6.07) is 7.34. The molecule has 7 heteroatoms. The summed E-state index contributed by atoms with van der Waals surface area (Å²) in [6.07, 6.45) is 4.59. The number of ether oxygens (including phenoxy) is 3. The van der Waals surface area contributed by atoms with E-state index in [4.69, 9.17) is 14.2 Å². The molecule has 7 nitrogen and oxygen atoms in total. The van der Waals surface area contributed by atoms with Gasteiger partial charge in [-0.25, -0.2) is 9.69 Å². The van der Waals surface area contributed by atoms with Gasteiger partial charge in [-0.2, -0.15) is 0 Å². The highest BCUT2D eigenvalue weighted by molar-refractivity contribution is 5.95. The van der Waals surface area contributed by atoms with E-state index < -0.39 is 24.0 Å². The molecule has 210 valence electrons. The van der Waals surface area contributed by atoms with Crippen LogP contribution in [-0.2, 0) is 20.9 Å². The first-order chi connectivity index (χ1) is 18.0. The molecule has 1 aromatic carbocycles. The van der Waals surface area contributed by atoms with Crippen molar-refractivity contribution in [3.63, 3.8) is 0 Å². The first-order valence-corrected chi connectivity index (χ1v) is 13.4. The number of benzene rings is 1. The maximum absolute atomic E-state index is 13.6. The predicted octanol–water partition coefficient (Wildman–Crippen LogP) is 6.22. The van der Waals surface area contributed by atoms with E-state index in [-0.39, 0.29) is 18.6 Å². The van der Waals surface area contributed by atoms with Crippen molar-refractivity contribution < 1.29 is 28.9 Å². The van der Waals surface area contributed by atoms with Gasteiger partial charge in [-0.1, -0.05) is 49.3 Å². The molecule has 1 aliphatic heterocycles. The molecule has 1 heterocycles. The van der Waals surface area contributed by atoms with Gasteiger partial charge in [-0.3, -0.25) is 4.79 Å². The summed E-state index contributed by atoms with van der Waals surface area (Å²) >= 11 is 0. The Labute approximate surface area is 228 Å². The minimum atomic E-state index is -1.07. The van der Waals surface area contributed by atoms with Crippen LogP contribution in [-0.4, -0.2) is 54.5 Å².